The van der Waals surface area contributed by atoms with Gasteiger partial charge in [0.15, 0.2) is 9.84 Å². The number of hydrogen-bond donors (Lipinski definition) is 1. The van der Waals surface area contributed by atoms with Gasteiger partial charge in [0.05, 0.1) is 11.5 Å². The van der Waals surface area contributed by atoms with Crippen molar-refractivity contribution in [2.75, 3.05) is 18.1 Å². The summed E-state index contributed by atoms with van der Waals surface area (Å²) in [5.41, 5.74) is 0. The van der Waals surface area contributed by atoms with E-state index >= 15 is 0 Å². The van der Waals surface area contributed by atoms with E-state index in [1.165, 1.54) is 25.7 Å². The van der Waals surface area contributed by atoms with Gasteiger partial charge in [0, 0.05) is 6.04 Å². The van der Waals surface area contributed by atoms with Gasteiger partial charge in [0.2, 0.25) is 0 Å². The van der Waals surface area contributed by atoms with Crippen LogP contribution in [0.4, 0.5) is 0 Å². The van der Waals surface area contributed by atoms with Crippen molar-refractivity contribution >= 4 is 9.84 Å². The minimum absolute atomic E-state index is 0.406. The van der Waals surface area contributed by atoms with Gasteiger partial charge in [0.25, 0.3) is 0 Å². The number of hydrogen-bond acceptors (Lipinski definition) is 3. The molecule has 0 aromatic heterocycles. The van der Waals surface area contributed by atoms with Gasteiger partial charge in [-0.1, -0.05) is 19.8 Å². The average molecular weight is 273 g/mol. The standard InChI is InChI=1S/C14H27NO2S/c1-2-8-15-14(6-5-12-3-4-12)10-13-7-9-18(16,17)11-13/h12-15H,2-11H2,1H3. The first kappa shape index (κ1) is 14.3. The van der Waals surface area contributed by atoms with E-state index in [-0.39, 0.29) is 0 Å². The first-order valence-electron chi connectivity index (χ1n) is 7.53. The van der Waals surface area contributed by atoms with Crippen LogP contribution < -0.4 is 5.32 Å². The number of sulfone groups is 1. The van der Waals surface area contributed by atoms with Crippen molar-refractivity contribution < 1.29 is 8.42 Å². The molecule has 3 nitrogen and oxygen atoms in total. The van der Waals surface area contributed by atoms with Crippen LogP contribution in [-0.2, 0) is 9.84 Å². The Labute approximate surface area is 112 Å². The monoisotopic (exact) mass is 273 g/mol. The quantitative estimate of drug-likeness (QED) is 0.738. The fourth-order valence-electron chi connectivity index (χ4n) is 2.96. The van der Waals surface area contributed by atoms with Crippen LogP contribution in [0.15, 0.2) is 0 Å². The molecule has 0 radical (unpaired) electrons. The second-order valence-electron chi connectivity index (χ2n) is 6.18. The lowest BCUT2D eigenvalue weighted by Crippen LogP contribution is -2.32. The molecule has 2 rings (SSSR count). The van der Waals surface area contributed by atoms with Crippen molar-refractivity contribution in [1.82, 2.24) is 5.32 Å². The minimum atomic E-state index is -2.71. The minimum Gasteiger partial charge on any atom is -0.314 e. The molecule has 18 heavy (non-hydrogen) atoms. The predicted molar refractivity (Wildman–Crippen MR) is 75.4 cm³/mol. The zero-order valence-electron chi connectivity index (χ0n) is 11.5. The van der Waals surface area contributed by atoms with E-state index in [4.69, 9.17) is 0 Å². The molecule has 0 aromatic carbocycles. The van der Waals surface area contributed by atoms with E-state index in [0.717, 1.165) is 31.7 Å². The Bertz CT molecular complexity index is 349. The smallest absolute Gasteiger partial charge is 0.150 e. The fourth-order valence-corrected chi connectivity index (χ4v) is 4.84. The molecule has 2 unspecified atom stereocenters. The lowest BCUT2D eigenvalue weighted by Gasteiger charge is -2.21. The maximum Gasteiger partial charge on any atom is 0.150 e. The third-order valence-corrected chi connectivity index (χ3v) is 6.08. The van der Waals surface area contributed by atoms with Crippen LogP contribution in [0.25, 0.3) is 0 Å². The largest absolute Gasteiger partial charge is 0.314 e. The first-order chi connectivity index (χ1) is 8.59. The third-order valence-electron chi connectivity index (χ3n) is 4.25. The molecule has 1 saturated heterocycles. The van der Waals surface area contributed by atoms with E-state index in [2.05, 4.69) is 12.2 Å². The van der Waals surface area contributed by atoms with E-state index in [1.807, 2.05) is 0 Å². The number of rotatable bonds is 8. The van der Waals surface area contributed by atoms with Crippen LogP contribution in [0.3, 0.4) is 0 Å². The van der Waals surface area contributed by atoms with Gasteiger partial charge in [-0.05, 0) is 50.5 Å². The summed E-state index contributed by atoms with van der Waals surface area (Å²) >= 11 is 0. The summed E-state index contributed by atoms with van der Waals surface area (Å²) in [6.07, 6.45) is 8.50. The van der Waals surface area contributed by atoms with E-state index in [9.17, 15) is 8.42 Å². The maximum absolute atomic E-state index is 11.5. The summed E-state index contributed by atoms with van der Waals surface area (Å²) < 4.78 is 23.0. The summed E-state index contributed by atoms with van der Waals surface area (Å²) in [6.45, 7) is 3.25. The Morgan fingerprint density at radius 1 is 1.22 bits per heavy atom. The van der Waals surface area contributed by atoms with Gasteiger partial charge >= 0.3 is 0 Å². The topological polar surface area (TPSA) is 46.2 Å². The summed E-state index contributed by atoms with van der Waals surface area (Å²) in [5, 5.41) is 3.61. The number of nitrogens with one attached hydrogen (secondary N) is 1. The van der Waals surface area contributed by atoms with Gasteiger partial charge in [0.1, 0.15) is 0 Å². The Kier molecular flexibility index (Phi) is 5.07. The molecule has 1 heterocycles. The van der Waals surface area contributed by atoms with Crippen molar-refractivity contribution in [2.24, 2.45) is 11.8 Å². The molecular weight excluding hydrogens is 246 g/mol. The van der Waals surface area contributed by atoms with Crippen LogP contribution >= 0.6 is 0 Å². The molecule has 0 bridgehead atoms. The van der Waals surface area contributed by atoms with Crippen molar-refractivity contribution in [2.45, 2.75) is 57.9 Å². The Balaban J connectivity index is 1.75. The summed E-state index contributed by atoms with van der Waals surface area (Å²) in [5.74, 6) is 2.23. The van der Waals surface area contributed by atoms with Crippen LogP contribution in [-0.4, -0.2) is 32.5 Å². The molecule has 2 aliphatic rings. The zero-order chi connectivity index (χ0) is 13.0. The normalized spacial score (nSPS) is 28.4. The molecule has 4 heteroatoms. The van der Waals surface area contributed by atoms with Crippen LogP contribution in [0.5, 0.6) is 0 Å². The highest BCUT2D eigenvalue weighted by atomic mass is 32.2. The molecule has 1 aliphatic carbocycles. The van der Waals surface area contributed by atoms with Gasteiger partial charge < -0.3 is 5.32 Å². The molecule has 0 spiro atoms. The van der Waals surface area contributed by atoms with Crippen molar-refractivity contribution in [3.63, 3.8) is 0 Å². The third kappa shape index (κ3) is 4.88. The van der Waals surface area contributed by atoms with Crippen molar-refractivity contribution in [3.8, 4) is 0 Å². The highest BCUT2D eigenvalue weighted by Crippen LogP contribution is 2.34. The molecular formula is C14H27NO2S. The Morgan fingerprint density at radius 3 is 2.56 bits per heavy atom. The Morgan fingerprint density at radius 2 is 2.00 bits per heavy atom. The zero-order valence-corrected chi connectivity index (χ0v) is 12.3. The van der Waals surface area contributed by atoms with E-state index in [1.54, 1.807) is 0 Å². The Hall–Kier alpha value is -0.0900. The average Bonchev–Trinajstić information content (AvgIpc) is 3.08. The highest BCUT2D eigenvalue weighted by molar-refractivity contribution is 7.91. The second-order valence-corrected chi connectivity index (χ2v) is 8.41. The van der Waals surface area contributed by atoms with Gasteiger partial charge in [-0.15, -0.1) is 0 Å². The highest BCUT2D eigenvalue weighted by Gasteiger charge is 2.30. The SMILES string of the molecule is CCCNC(CCC1CC1)CC1CCS(=O)(=O)C1. The van der Waals surface area contributed by atoms with Crippen molar-refractivity contribution in [3.05, 3.63) is 0 Å². The lowest BCUT2D eigenvalue weighted by atomic mass is 9.95. The first-order valence-corrected chi connectivity index (χ1v) is 9.35. The van der Waals surface area contributed by atoms with Gasteiger partial charge in [-0.3, -0.25) is 0 Å². The summed E-state index contributed by atoms with van der Waals surface area (Å²) in [4.78, 5) is 0. The van der Waals surface area contributed by atoms with Gasteiger partial charge in [-0.25, -0.2) is 8.42 Å². The molecule has 106 valence electrons. The molecule has 0 aromatic rings. The molecule has 2 atom stereocenters. The molecule has 1 saturated carbocycles. The second kappa shape index (κ2) is 6.38. The van der Waals surface area contributed by atoms with Gasteiger partial charge in [-0.2, -0.15) is 0 Å². The predicted octanol–water partition coefficient (Wildman–Crippen LogP) is 2.37. The molecule has 1 N–H and O–H groups in total. The van der Waals surface area contributed by atoms with Crippen LogP contribution in [0, 0.1) is 11.8 Å². The lowest BCUT2D eigenvalue weighted by molar-refractivity contribution is 0.374. The fraction of sp³-hybridized carbons (Fsp3) is 1.00. The molecule has 2 fully saturated rings. The summed E-state index contributed by atoms with van der Waals surface area (Å²) in [6, 6.07) is 0.545. The van der Waals surface area contributed by atoms with Crippen LogP contribution in [0.2, 0.25) is 0 Å². The van der Waals surface area contributed by atoms with E-state index in [0.29, 0.717) is 23.5 Å². The molecule has 0 amide bonds. The van der Waals surface area contributed by atoms with Crippen molar-refractivity contribution in [1.29, 1.82) is 0 Å². The summed E-state index contributed by atoms with van der Waals surface area (Å²) in [7, 11) is -2.71. The maximum atomic E-state index is 11.5. The molecule has 1 aliphatic heterocycles. The van der Waals surface area contributed by atoms with Crippen LogP contribution in [0.1, 0.15) is 51.9 Å². The van der Waals surface area contributed by atoms with E-state index < -0.39 is 9.84 Å².